The molecule has 0 radical (unpaired) electrons. The van der Waals surface area contributed by atoms with E-state index in [1.54, 1.807) is 0 Å². The van der Waals surface area contributed by atoms with E-state index in [9.17, 15) is 14.4 Å². The minimum absolute atomic E-state index is 0.134. The molecular weight excluding hydrogens is 739 g/mol. The van der Waals surface area contributed by atoms with E-state index in [0.717, 1.165) is 25.7 Å². The topological polar surface area (TPSA) is 66.8 Å². The highest BCUT2D eigenvalue weighted by Crippen LogP contribution is 2.47. The van der Waals surface area contributed by atoms with Crippen LogP contribution in [0.4, 0.5) is 0 Å². The Morgan fingerprint density at radius 1 is 0.632 bits per heavy atom. The molecule has 0 bridgehead atoms. The van der Waals surface area contributed by atoms with Crippen molar-refractivity contribution >= 4 is 37.5 Å². The Hall–Kier alpha value is -4.14. The molecular formula is C51H56O4P2. The first-order chi connectivity index (χ1) is 27.6. The summed E-state index contributed by atoms with van der Waals surface area (Å²) in [5, 5.41) is 4.08. The second-order valence-electron chi connectivity index (χ2n) is 16.5. The first-order valence-corrected chi connectivity index (χ1v) is 23.5. The van der Waals surface area contributed by atoms with Crippen LogP contribution >= 0.6 is 15.5 Å². The fourth-order valence-corrected chi connectivity index (χ4v) is 11.5. The van der Waals surface area contributed by atoms with Gasteiger partial charge >= 0.3 is 7.60 Å². The van der Waals surface area contributed by atoms with Gasteiger partial charge in [-0.15, -0.1) is 0 Å². The van der Waals surface area contributed by atoms with E-state index in [4.69, 9.17) is 4.74 Å². The fraction of sp³-hybridized carbons (Fsp3) is 0.294. The summed E-state index contributed by atoms with van der Waals surface area (Å²) in [5.41, 5.74) is 3.77. The maximum atomic E-state index is 11.6. The molecule has 57 heavy (non-hydrogen) atoms. The number of rotatable bonds is 15. The summed E-state index contributed by atoms with van der Waals surface area (Å²) in [4.78, 5) is 19.0. The van der Waals surface area contributed by atoms with Crippen molar-refractivity contribution in [3.05, 3.63) is 193 Å². The van der Waals surface area contributed by atoms with Gasteiger partial charge in [0.05, 0.1) is 6.61 Å². The molecule has 0 amide bonds. The van der Waals surface area contributed by atoms with Gasteiger partial charge in [-0.1, -0.05) is 196 Å². The van der Waals surface area contributed by atoms with Crippen molar-refractivity contribution in [2.75, 3.05) is 13.0 Å². The fourth-order valence-electron chi connectivity index (χ4n) is 8.88. The van der Waals surface area contributed by atoms with Crippen LogP contribution in [0.25, 0.3) is 6.08 Å². The van der Waals surface area contributed by atoms with Crippen LogP contribution < -0.4 is 15.9 Å². The van der Waals surface area contributed by atoms with Gasteiger partial charge in [-0.3, -0.25) is 4.57 Å². The average molecular weight is 795 g/mol. The van der Waals surface area contributed by atoms with Gasteiger partial charge in [0.25, 0.3) is 0 Å². The SMILES string of the molecule is CC(C)(/C=C/C1CC(/C=C/C2CC(/C=C/c3ccccc3)CC2c2ccc(P(c3ccccc3)c3ccccc3)cc2)CC1COCP(=O)(O)O)c1ccccc1. The first-order valence-electron chi connectivity index (χ1n) is 20.4. The summed E-state index contributed by atoms with van der Waals surface area (Å²) >= 11 is 0. The largest absolute Gasteiger partial charge is 0.369 e. The molecule has 0 aromatic heterocycles. The molecule has 2 aliphatic carbocycles. The van der Waals surface area contributed by atoms with Crippen LogP contribution in [-0.2, 0) is 14.7 Å². The highest BCUT2D eigenvalue weighted by Gasteiger charge is 2.36. The Morgan fingerprint density at radius 2 is 1.18 bits per heavy atom. The molecule has 2 N–H and O–H groups in total. The predicted octanol–water partition coefficient (Wildman–Crippen LogP) is 11.2. The summed E-state index contributed by atoms with van der Waals surface area (Å²) in [6.07, 6.45) is 17.9. The van der Waals surface area contributed by atoms with Crippen LogP contribution in [0, 0.1) is 29.6 Å². The Kier molecular flexibility index (Phi) is 13.7. The molecule has 294 valence electrons. The molecule has 6 unspecified atom stereocenters. The molecule has 4 nitrogen and oxygen atoms in total. The average Bonchev–Trinajstić information content (AvgIpc) is 3.83. The second kappa shape index (κ2) is 19.1. The van der Waals surface area contributed by atoms with Crippen molar-refractivity contribution < 1.29 is 19.1 Å². The molecule has 6 atom stereocenters. The summed E-state index contributed by atoms with van der Waals surface area (Å²) in [6, 6.07) is 52.5. The van der Waals surface area contributed by atoms with Gasteiger partial charge in [0, 0.05) is 5.41 Å². The van der Waals surface area contributed by atoms with E-state index >= 15 is 0 Å². The molecule has 5 aromatic rings. The molecule has 5 aromatic carbocycles. The van der Waals surface area contributed by atoms with E-state index in [-0.39, 0.29) is 17.3 Å². The molecule has 0 spiro atoms. The minimum atomic E-state index is -4.23. The maximum absolute atomic E-state index is 11.6. The van der Waals surface area contributed by atoms with Gasteiger partial charge in [-0.05, 0) is 102 Å². The molecule has 0 saturated heterocycles. The number of hydrogen-bond acceptors (Lipinski definition) is 2. The van der Waals surface area contributed by atoms with Gasteiger partial charge in [-0.2, -0.15) is 0 Å². The zero-order chi connectivity index (χ0) is 39.7. The van der Waals surface area contributed by atoms with Gasteiger partial charge in [-0.25, -0.2) is 0 Å². The highest BCUT2D eigenvalue weighted by molar-refractivity contribution is 7.79. The third kappa shape index (κ3) is 11.3. The Morgan fingerprint density at radius 3 is 1.79 bits per heavy atom. The number of ether oxygens (including phenoxy) is 1. The lowest BCUT2D eigenvalue weighted by Crippen LogP contribution is -2.20. The zero-order valence-electron chi connectivity index (χ0n) is 33.1. The predicted molar refractivity (Wildman–Crippen MR) is 240 cm³/mol. The van der Waals surface area contributed by atoms with Crippen molar-refractivity contribution in [3.8, 4) is 0 Å². The van der Waals surface area contributed by atoms with E-state index in [0.29, 0.717) is 30.3 Å². The van der Waals surface area contributed by atoms with Crippen LogP contribution in [0.15, 0.2) is 176 Å². The number of allylic oxidation sites excluding steroid dienone is 5. The maximum Gasteiger partial charge on any atom is 0.350 e. The summed E-state index contributed by atoms with van der Waals surface area (Å²) < 4.78 is 17.3. The first kappa shape index (κ1) is 41.0. The lowest BCUT2D eigenvalue weighted by atomic mass is 9.82. The molecule has 0 heterocycles. The van der Waals surface area contributed by atoms with Crippen molar-refractivity contribution in [2.24, 2.45) is 29.6 Å². The van der Waals surface area contributed by atoms with Crippen molar-refractivity contribution in [2.45, 2.75) is 50.9 Å². The lowest BCUT2D eigenvalue weighted by Gasteiger charge is -2.23. The normalized spacial score (nSPS) is 23.0. The molecule has 7 rings (SSSR count). The monoisotopic (exact) mass is 794 g/mol. The van der Waals surface area contributed by atoms with Crippen LogP contribution in [0.3, 0.4) is 0 Å². The molecule has 0 aliphatic heterocycles. The summed E-state index contributed by atoms with van der Waals surface area (Å²) in [7, 11) is -4.90. The van der Waals surface area contributed by atoms with E-state index in [2.05, 4.69) is 190 Å². The molecule has 2 fully saturated rings. The third-order valence-corrected chi connectivity index (χ3v) is 14.9. The molecule has 2 saturated carbocycles. The van der Waals surface area contributed by atoms with E-state index < -0.39 is 21.9 Å². The van der Waals surface area contributed by atoms with Crippen LogP contribution in [0.2, 0.25) is 0 Å². The Bertz CT molecular complexity index is 2090. The Labute approximate surface area is 341 Å². The van der Waals surface area contributed by atoms with Gasteiger partial charge in [0.1, 0.15) is 6.35 Å². The standard InChI is InChI=1S/C51H56O4P2/c1-51(2,46-17-9-4-10-18-46)32-31-43-33-40(35-45(43)37-55-38-57(52,53)54)25-26-44-34-41(24-23-39-15-7-3-8-16-39)36-50(44)42-27-29-49(30-28-42)56(47-19-11-5-12-20-47)48-21-13-6-14-22-48/h3-32,40-41,43-45,50H,33-38H2,1-2H3,(H2,52,53,54)/b24-23+,26-25+,32-31+. The highest BCUT2D eigenvalue weighted by atomic mass is 31.2. The summed E-state index contributed by atoms with van der Waals surface area (Å²) in [6.45, 7) is 4.82. The number of hydrogen-bond donors (Lipinski definition) is 2. The minimum Gasteiger partial charge on any atom is -0.369 e. The van der Waals surface area contributed by atoms with Crippen molar-refractivity contribution in [1.29, 1.82) is 0 Å². The van der Waals surface area contributed by atoms with Crippen LogP contribution in [0.1, 0.15) is 62.1 Å². The van der Waals surface area contributed by atoms with Gasteiger partial charge in [0.15, 0.2) is 0 Å². The van der Waals surface area contributed by atoms with E-state index in [1.165, 1.54) is 32.6 Å². The smallest absolute Gasteiger partial charge is 0.350 e. The van der Waals surface area contributed by atoms with Crippen molar-refractivity contribution in [3.63, 3.8) is 0 Å². The summed E-state index contributed by atoms with van der Waals surface area (Å²) in [5.74, 6) is 2.10. The Balaban J connectivity index is 1.12. The zero-order valence-corrected chi connectivity index (χ0v) is 34.9. The quantitative estimate of drug-likeness (QED) is 0.0818. The van der Waals surface area contributed by atoms with E-state index in [1.807, 2.05) is 6.07 Å². The van der Waals surface area contributed by atoms with Gasteiger partial charge in [0.2, 0.25) is 0 Å². The molecule has 6 heteroatoms. The second-order valence-corrected chi connectivity index (χ2v) is 20.3. The lowest BCUT2D eigenvalue weighted by molar-refractivity contribution is 0.112. The van der Waals surface area contributed by atoms with Crippen molar-refractivity contribution in [1.82, 2.24) is 0 Å². The number of benzene rings is 5. The van der Waals surface area contributed by atoms with Crippen LogP contribution in [0.5, 0.6) is 0 Å². The third-order valence-electron chi connectivity index (χ3n) is 11.9. The molecule has 2 aliphatic rings. The van der Waals surface area contributed by atoms with Crippen LogP contribution in [-0.4, -0.2) is 22.7 Å². The van der Waals surface area contributed by atoms with Gasteiger partial charge < -0.3 is 14.5 Å².